The van der Waals surface area contributed by atoms with Gasteiger partial charge in [0.25, 0.3) is 0 Å². The predicted molar refractivity (Wildman–Crippen MR) is 80.8 cm³/mol. The first kappa shape index (κ1) is 12.2. The highest BCUT2D eigenvalue weighted by Gasteiger charge is 2.20. The molecule has 0 aromatic carbocycles. The Morgan fingerprint density at radius 1 is 1.39 bits per heavy atom. The highest BCUT2D eigenvalue weighted by Crippen LogP contribution is 2.30. The summed E-state index contributed by atoms with van der Waals surface area (Å²) in [5, 5.41) is 4.05. The van der Waals surface area contributed by atoms with Crippen molar-refractivity contribution in [2.75, 3.05) is 24.2 Å². The van der Waals surface area contributed by atoms with Crippen molar-refractivity contribution in [1.29, 1.82) is 0 Å². The molecule has 1 fully saturated rings. The largest absolute Gasteiger partial charge is 0.355 e. The first-order valence-corrected chi connectivity index (χ1v) is 8.51. The van der Waals surface area contributed by atoms with Gasteiger partial charge in [-0.25, -0.2) is 9.97 Å². The third kappa shape index (κ3) is 2.34. The smallest absolute Gasteiger partial charge is 0.140 e. The van der Waals surface area contributed by atoms with Crippen molar-refractivity contribution in [2.45, 2.75) is 24.5 Å². The van der Waals surface area contributed by atoms with Crippen molar-refractivity contribution in [3.63, 3.8) is 0 Å². The number of anilines is 1. The van der Waals surface area contributed by atoms with Gasteiger partial charge in [0.1, 0.15) is 17.0 Å². The zero-order chi connectivity index (χ0) is 12.4. The molecule has 0 N–H and O–H groups in total. The van der Waals surface area contributed by atoms with Crippen LogP contribution < -0.4 is 4.90 Å². The van der Waals surface area contributed by atoms with Crippen LogP contribution in [0.3, 0.4) is 0 Å². The SMILES string of the molecule is CSC1CCCCN(c2ncnc3sccc23)C1. The molecule has 0 amide bonds. The number of aromatic nitrogens is 2. The van der Waals surface area contributed by atoms with E-state index in [-0.39, 0.29) is 0 Å². The van der Waals surface area contributed by atoms with E-state index in [2.05, 4.69) is 32.6 Å². The Morgan fingerprint density at radius 3 is 3.22 bits per heavy atom. The second-order valence-corrected chi connectivity index (χ2v) is 6.67. The molecule has 3 heterocycles. The lowest BCUT2D eigenvalue weighted by Crippen LogP contribution is -2.30. The lowest BCUT2D eigenvalue weighted by atomic mass is 10.2. The standard InChI is InChI=1S/C13H17N3S2/c1-17-10-4-2-3-6-16(8-10)12-11-5-7-18-13(11)15-9-14-12/h5,7,9-10H,2-4,6,8H2,1H3. The fourth-order valence-corrected chi connectivity index (χ4v) is 3.98. The van der Waals surface area contributed by atoms with Gasteiger partial charge in [0.05, 0.1) is 5.39 Å². The summed E-state index contributed by atoms with van der Waals surface area (Å²) in [7, 11) is 0. The minimum absolute atomic E-state index is 0.733. The van der Waals surface area contributed by atoms with Crippen LogP contribution in [0.2, 0.25) is 0 Å². The molecule has 1 aliphatic rings. The molecule has 1 aliphatic heterocycles. The van der Waals surface area contributed by atoms with Crippen molar-refractivity contribution in [1.82, 2.24) is 9.97 Å². The van der Waals surface area contributed by atoms with Gasteiger partial charge in [-0.3, -0.25) is 0 Å². The van der Waals surface area contributed by atoms with Gasteiger partial charge in [-0.15, -0.1) is 11.3 Å². The van der Waals surface area contributed by atoms with Crippen molar-refractivity contribution in [3.05, 3.63) is 17.8 Å². The maximum Gasteiger partial charge on any atom is 0.140 e. The second kappa shape index (κ2) is 5.45. The quantitative estimate of drug-likeness (QED) is 0.842. The van der Waals surface area contributed by atoms with Crippen molar-refractivity contribution < 1.29 is 0 Å². The van der Waals surface area contributed by atoms with Crippen LogP contribution in [0.25, 0.3) is 10.2 Å². The molecule has 0 bridgehead atoms. The molecular formula is C13H17N3S2. The Labute approximate surface area is 116 Å². The first-order chi connectivity index (χ1) is 8.88. The van der Waals surface area contributed by atoms with Gasteiger partial charge in [-0.2, -0.15) is 11.8 Å². The number of thiophene rings is 1. The van der Waals surface area contributed by atoms with Crippen LogP contribution in [0.15, 0.2) is 17.8 Å². The molecule has 0 radical (unpaired) electrons. The molecule has 1 unspecified atom stereocenters. The molecule has 0 spiro atoms. The Balaban J connectivity index is 1.94. The van der Waals surface area contributed by atoms with Gasteiger partial charge >= 0.3 is 0 Å². The number of thioether (sulfide) groups is 1. The monoisotopic (exact) mass is 279 g/mol. The van der Waals surface area contributed by atoms with E-state index in [1.807, 2.05) is 11.8 Å². The summed E-state index contributed by atoms with van der Waals surface area (Å²) in [5.74, 6) is 1.13. The van der Waals surface area contributed by atoms with Crippen LogP contribution in [-0.4, -0.2) is 34.6 Å². The van der Waals surface area contributed by atoms with Crippen LogP contribution in [0.1, 0.15) is 19.3 Å². The lowest BCUT2D eigenvalue weighted by molar-refractivity contribution is 0.736. The van der Waals surface area contributed by atoms with Gasteiger partial charge in [-0.05, 0) is 30.5 Å². The number of hydrogen-bond donors (Lipinski definition) is 0. The molecule has 96 valence electrons. The highest BCUT2D eigenvalue weighted by molar-refractivity contribution is 7.99. The maximum absolute atomic E-state index is 4.53. The molecule has 2 aromatic rings. The van der Waals surface area contributed by atoms with Crippen molar-refractivity contribution in [3.8, 4) is 0 Å². The number of fused-ring (bicyclic) bond motifs is 1. The summed E-state index contributed by atoms with van der Waals surface area (Å²) in [6.07, 6.45) is 7.85. The fourth-order valence-electron chi connectivity index (χ4n) is 2.52. The maximum atomic E-state index is 4.53. The van der Waals surface area contributed by atoms with Crippen LogP contribution >= 0.6 is 23.1 Å². The Hall–Kier alpha value is -0.810. The molecule has 0 saturated carbocycles. The Morgan fingerprint density at radius 2 is 2.33 bits per heavy atom. The zero-order valence-electron chi connectivity index (χ0n) is 10.5. The minimum atomic E-state index is 0.733. The summed E-state index contributed by atoms with van der Waals surface area (Å²) >= 11 is 3.68. The molecule has 3 rings (SSSR count). The topological polar surface area (TPSA) is 29.0 Å². The predicted octanol–water partition coefficient (Wildman–Crippen LogP) is 3.41. The van der Waals surface area contributed by atoms with E-state index >= 15 is 0 Å². The average molecular weight is 279 g/mol. The molecule has 1 atom stereocenters. The van der Waals surface area contributed by atoms with Gasteiger partial charge in [0.15, 0.2) is 0 Å². The van der Waals surface area contributed by atoms with E-state index < -0.39 is 0 Å². The summed E-state index contributed by atoms with van der Waals surface area (Å²) in [5.41, 5.74) is 0. The molecule has 2 aromatic heterocycles. The molecule has 1 saturated heterocycles. The number of rotatable bonds is 2. The molecule has 0 aliphatic carbocycles. The molecule has 3 nitrogen and oxygen atoms in total. The van der Waals surface area contributed by atoms with Gasteiger partial charge in [-0.1, -0.05) is 6.42 Å². The van der Waals surface area contributed by atoms with E-state index in [1.54, 1.807) is 17.7 Å². The normalized spacial score (nSPS) is 21.2. The summed E-state index contributed by atoms with van der Waals surface area (Å²) in [4.78, 5) is 12.4. The van der Waals surface area contributed by atoms with E-state index in [1.165, 1.54) is 24.6 Å². The summed E-state index contributed by atoms with van der Waals surface area (Å²) < 4.78 is 0. The van der Waals surface area contributed by atoms with Gasteiger partial charge in [0, 0.05) is 18.3 Å². The van der Waals surface area contributed by atoms with Crippen LogP contribution in [0.5, 0.6) is 0 Å². The number of nitrogens with zero attached hydrogens (tertiary/aromatic N) is 3. The van der Waals surface area contributed by atoms with Crippen LogP contribution in [0, 0.1) is 0 Å². The summed E-state index contributed by atoms with van der Waals surface area (Å²) in [6.45, 7) is 2.24. The molecular weight excluding hydrogens is 262 g/mol. The third-order valence-electron chi connectivity index (χ3n) is 3.50. The lowest BCUT2D eigenvalue weighted by Gasteiger charge is -2.25. The van der Waals surface area contributed by atoms with E-state index in [0.717, 1.165) is 29.0 Å². The highest BCUT2D eigenvalue weighted by atomic mass is 32.2. The molecule has 5 heteroatoms. The fraction of sp³-hybridized carbons (Fsp3) is 0.538. The van der Waals surface area contributed by atoms with E-state index in [4.69, 9.17) is 0 Å². The second-order valence-electron chi connectivity index (χ2n) is 4.64. The van der Waals surface area contributed by atoms with E-state index in [0.29, 0.717) is 0 Å². The van der Waals surface area contributed by atoms with Gasteiger partial charge in [0.2, 0.25) is 0 Å². The average Bonchev–Trinajstić information content (AvgIpc) is 2.75. The zero-order valence-corrected chi connectivity index (χ0v) is 12.1. The molecule has 18 heavy (non-hydrogen) atoms. The summed E-state index contributed by atoms with van der Waals surface area (Å²) in [6, 6.07) is 2.15. The third-order valence-corrected chi connectivity index (χ3v) is 5.37. The minimum Gasteiger partial charge on any atom is -0.355 e. The van der Waals surface area contributed by atoms with Crippen LogP contribution in [0.4, 0.5) is 5.82 Å². The van der Waals surface area contributed by atoms with Crippen LogP contribution in [-0.2, 0) is 0 Å². The van der Waals surface area contributed by atoms with Crippen molar-refractivity contribution >= 4 is 39.1 Å². The Kier molecular flexibility index (Phi) is 3.70. The Bertz CT molecular complexity index is 526. The number of hydrogen-bond acceptors (Lipinski definition) is 5. The van der Waals surface area contributed by atoms with Crippen molar-refractivity contribution in [2.24, 2.45) is 0 Å². The van der Waals surface area contributed by atoms with E-state index in [9.17, 15) is 0 Å². The van der Waals surface area contributed by atoms with Gasteiger partial charge < -0.3 is 4.90 Å². The first-order valence-electron chi connectivity index (χ1n) is 6.34.